The maximum atomic E-state index is 9.72. The number of aromatic hydroxyl groups is 1. The van der Waals surface area contributed by atoms with Crippen molar-refractivity contribution >= 4 is 11.0 Å². The Balaban J connectivity index is 1.83. The van der Waals surface area contributed by atoms with Gasteiger partial charge in [0.2, 0.25) is 0 Å². The molecule has 0 spiro atoms. The molecule has 0 radical (unpaired) electrons. The van der Waals surface area contributed by atoms with E-state index < -0.39 is 0 Å². The number of hydrogen-bond acceptors (Lipinski definition) is 3. The Kier molecular flexibility index (Phi) is 2.77. The minimum atomic E-state index is 0.302. The molecule has 3 rings (SSSR count). The van der Waals surface area contributed by atoms with Crippen LogP contribution >= 0.6 is 0 Å². The highest BCUT2D eigenvalue weighted by Gasteiger charge is 2.13. The third-order valence-electron chi connectivity index (χ3n) is 3.42. The fourth-order valence-corrected chi connectivity index (χ4v) is 2.51. The van der Waals surface area contributed by atoms with Gasteiger partial charge in [0.05, 0.1) is 11.9 Å². The van der Waals surface area contributed by atoms with Crippen molar-refractivity contribution < 1.29 is 9.52 Å². The Morgan fingerprint density at radius 2 is 2.00 bits per heavy atom. The fourth-order valence-electron chi connectivity index (χ4n) is 2.51. The van der Waals surface area contributed by atoms with Crippen molar-refractivity contribution in [3.8, 4) is 5.75 Å². The normalized spacial score (nSPS) is 17.6. The Morgan fingerprint density at radius 3 is 2.76 bits per heavy atom. The van der Waals surface area contributed by atoms with E-state index in [1.54, 1.807) is 6.07 Å². The molecule has 2 heterocycles. The molecule has 2 aromatic rings. The van der Waals surface area contributed by atoms with E-state index in [0.29, 0.717) is 5.75 Å². The second-order valence-electron chi connectivity index (χ2n) is 4.74. The van der Waals surface area contributed by atoms with E-state index >= 15 is 0 Å². The fraction of sp³-hybridized carbons (Fsp3) is 0.429. The Hall–Kier alpha value is -1.48. The summed E-state index contributed by atoms with van der Waals surface area (Å²) in [5.41, 5.74) is 0.775. The first-order valence-corrected chi connectivity index (χ1v) is 6.26. The summed E-state index contributed by atoms with van der Waals surface area (Å²) < 4.78 is 5.75. The van der Waals surface area contributed by atoms with Crippen LogP contribution in [0.5, 0.6) is 5.75 Å². The van der Waals surface area contributed by atoms with Crippen molar-refractivity contribution in [2.45, 2.75) is 25.8 Å². The van der Waals surface area contributed by atoms with Crippen LogP contribution in [0.2, 0.25) is 0 Å². The standard InChI is InChI=1S/C14H17NO2/c16-13-5-4-6-14-12(13)9-11(17-14)10-15-7-2-1-3-8-15/h4-6,9,16H,1-3,7-8,10H2. The zero-order valence-electron chi connectivity index (χ0n) is 9.85. The molecule has 0 bridgehead atoms. The lowest BCUT2D eigenvalue weighted by Gasteiger charge is -2.25. The predicted octanol–water partition coefficient (Wildman–Crippen LogP) is 3.12. The predicted molar refractivity (Wildman–Crippen MR) is 67.0 cm³/mol. The number of fused-ring (bicyclic) bond motifs is 1. The molecule has 3 heteroatoms. The molecule has 3 nitrogen and oxygen atoms in total. The Bertz CT molecular complexity index is 512. The number of phenols is 1. The van der Waals surface area contributed by atoms with Crippen LogP contribution in [-0.4, -0.2) is 23.1 Å². The molecule has 1 aromatic heterocycles. The summed E-state index contributed by atoms with van der Waals surface area (Å²) in [5, 5.41) is 10.5. The second kappa shape index (κ2) is 4.41. The lowest BCUT2D eigenvalue weighted by atomic mass is 10.1. The highest BCUT2D eigenvalue weighted by Crippen LogP contribution is 2.28. The summed E-state index contributed by atoms with van der Waals surface area (Å²) >= 11 is 0. The highest BCUT2D eigenvalue weighted by atomic mass is 16.3. The summed E-state index contributed by atoms with van der Waals surface area (Å²) in [6.07, 6.45) is 3.91. The molecule has 1 fully saturated rings. The van der Waals surface area contributed by atoms with E-state index in [1.165, 1.54) is 19.3 Å². The van der Waals surface area contributed by atoms with Gasteiger partial charge in [-0.1, -0.05) is 12.5 Å². The first-order valence-electron chi connectivity index (χ1n) is 6.26. The van der Waals surface area contributed by atoms with Gasteiger partial charge in [-0.2, -0.15) is 0 Å². The topological polar surface area (TPSA) is 36.6 Å². The average molecular weight is 231 g/mol. The van der Waals surface area contributed by atoms with Crippen LogP contribution in [0, 0.1) is 0 Å². The molecule has 1 aliphatic heterocycles. The minimum Gasteiger partial charge on any atom is -0.507 e. The summed E-state index contributed by atoms with van der Waals surface area (Å²) in [5.74, 6) is 1.25. The summed E-state index contributed by atoms with van der Waals surface area (Å²) in [6, 6.07) is 7.36. The van der Waals surface area contributed by atoms with Crippen molar-refractivity contribution in [3.63, 3.8) is 0 Å². The zero-order valence-corrected chi connectivity index (χ0v) is 9.85. The van der Waals surface area contributed by atoms with Crippen molar-refractivity contribution in [2.75, 3.05) is 13.1 Å². The Morgan fingerprint density at radius 1 is 1.18 bits per heavy atom. The van der Waals surface area contributed by atoms with Crippen molar-refractivity contribution in [1.29, 1.82) is 0 Å². The molecule has 0 amide bonds. The largest absolute Gasteiger partial charge is 0.507 e. The highest BCUT2D eigenvalue weighted by molar-refractivity contribution is 5.84. The third-order valence-corrected chi connectivity index (χ3v) is 3.42. The van der Waals surface area contributed by atoms with E-state index in [2.05, 4.69) is 4.90 Å². The van der Waals surface area contributed by atoms with Gasteiger partial charge < -0.3 is 9.52 Å². The maximum Gasteiger partial charge on any atom is 0.138 e. The van der Waals surface area contributed by atoms with Crippen molar-refractivity contribution in [3.05, 3.63) is 30.0 Å². The average Bonchev–Trinajstić information content (AvgIpc) is 2.74. The van der Waals surface area contributed by atoms with Gasteiger partial charge in [-0.3, -0.25) is 4.90 Å². The van der Waals surface area contributed by atoms with Crippen LogP contribution in [0.4, 0.5) is 0 Å². The number of nitrogens with zero attached hydrogens (tertiary/aromatic N) is 1. The number of rotatable bonds is 2. The quantitative estimate of drug-likeness (QED) is 0.862. The first kappa shape index (κ1) is 10.7. The van der Waals surface area contributed by atoms with E-state index in [1.807, 2.05) is 18.2 Å². The molecule has 90 valence electrons. The lowest BCUT2D eigenvalue weighted by Crippen LogP contribution is -2.28. The summed E-state index contributed by atoms with van der Waals surface area (Å²) in [7, 11) is 0. The molecular weight excluding hydrogens is 214 g/mol. The van der Waals surface area contributed by atoms with E-state index in [0.717, 1.165) is 36.4 Å². The first-order chi connectivity index (χ1) is 8.33. The molecule has 0 atom stereocenters. The van der Waals surface area contributed by atoms with Gasteiger partial charge in [0.15, 0.2) is 0 Å². The molecule has 17 heavy (non-hydrogen) atoms. The SMILES string of the molecule is Oc1cccc2oc(CN3CCCCC3)cc12. The molecular formula is C14H17NO2. The van der Waals surface area contributed by atoms with Gasteiger partial charge in [0, 0.05) is 0 Å². The van der Waals surface area contributed by atoms with Crippen LogP contribution in [0.1, 0.15) is 25.0 Å². The molecule has 0 unspecified atom stereocenters. The van der Waals surface area contributed by atoms with Crippen LogP contribution < -0.4 is 0 Å². The molecule has 1 N–H and O–H groups in total. The monoisotopic (exact) mass is 231 g/mol. The van der Waals surface area contributed by atoms with Gasteiger partial charge in [0.1, 0.15) is 17.1 Å². The zero-order chi connectivity index (χ0) is 11.7. The van der Waals surface area contributed by atoms with E-state index in [9.17, 15) is 5.11 Å². The molecule has 0 aliphatic carbocycles. The van der Waals surface area contributed by atoms with Gasteiger partial charge in [-0.05, 0) is 44.1 Å². The smallest absolute Gasteiger partial charge is 0.138 e. The van der Waals surface area contributed by atoms with Gasteiger partial charge in [0.25, 0.3) is 0 Å². The maximum absolute atomic E-state index is 9.72. The second-order valence-corrected chi connectivity index (χ2v) is 4.74. The number of piperidine rings is 1. The van der Waals surface area contributed by atoms with E-state index in [-0.39, 0.29) is 0 Å². The number of hydrogen-bond donors (Lipinski definition) is 1. The van der Waals surface area contributed by atoms with Crippen LogP contribution in [-0.2, 0) is 6.54 Å². The van der Waals surface area contributed by atoms with E-state index in [4.69, 9.17) is 4.42 Å². The third kappa shape index (κ3) is 2.15. The van der Waals surface area contributed by atoms with Crippen LogP contribution in [0.3, 0.4) is 0 Å². The Labute approximate surface area is 101 Å². The summed E-state index contributed by atoms with van der Waals surface area (Å²) in [4.78, 5) is 2.41. The van der Waals surface area contributed by atoms with Gasteiger partial charge >= 0.3 is 0 Å². The van der Waals surface area contributed by atoms with Gasteiger partial charge in [-0.15, -0.1) is 0 Å². The molecule has 1 aliphatic rings. The van der Waals surface area contributed by atoms with Crippen molar-refractivity contribution in [1.82, 2.24) is 4.90 Å². The lowest BCUT2D eigenvalue weighted by molar-refractivity contribution is 0.207. The number of benzene rings is 1. The van der Waals surface area contributed by atoms with Crippen molar-refractivity contribution in [2.24, 2.45) is 0 Å². The van der Waals surface area contributed by atoms with Gasteiger partial charge in [-0.25, -0.2) is 0 Å². The molecule has 1 saturated heterocycles. The number of likely N-dealkylation sites (tertiary alicyclic amines) is 1. The molecule has 0 saturated carbocycles. The summed E-state index contributed by atoms with van der Waals surface area (Å²) in [6.45, 7) is 3.17. The van der Waals surface area contributed by atoms with Crippen LogP contribution in [0.15, 0.2) is 28.7 Å². The number of furan rings is 1. The molecule has 1 aromatic carbocycles. The minimum absolute atomic E-state index is 0.302. The number of phenolic OH excluding ortho intramolecular Hbond substituents is 1. The van der Waals surface area contributed by atoms with Crippen LogP contribution in [0.25, 0.3) is 11.0 Å².